The molecular formula is C7H14N2O3. The van der Waals surface area contributed by atoms with Crippen LogP contribution in [-0.4, -0.2) is 30.2 Å². The van der Waals surface area contributed by atoms with Gasteiger partial charge in [0.2, 0.25) is 0 Å². The fourth-order valence-corrected chi connectivity index (χ4v) is 0.589. The summed E-state index contributed by atoms with van der Waals surface area (Å²) in [6.45, 7) is 1.88. The maximum atomic E-state index is 10.7. The van der Waals surface area contributed by atoms with Crippen LogP contribution in [0.2, 0.25) is 0 Å². The molecule has 0 radical (unpaired) electrons. The summed E-state index contributed by atoms with van der Waals surface area (Å²) in [5.74, 6) is -0.691. The highest BCUT2D eigenvalue weighted by atomic mass is 16.3. The summed E-state index contributed by atoms with van der Waals surface area (Å²) >= 11 is 0. The Labute approximate surface area is 71.1 Å². The summed E-state index contributed by atoms with van der Waals surface area (Å²) < 4.78 is 0. The molecule has 0 spiro atoms. The molecule has 0 aliphatic heterocycles. The van der Waals surface area contributed by atoms with Crippen molar-refractivity contribution in [1.82, 2.24) is 10.6 Å². The summed E-state index contributed by atoms with van der Waals surface area (Å²) in [5, 5.41) is 12.7. The number of carbonyl (C=O) groups is 2. The second-order valence-electron chi connectivity index (χ2n) is 2.32. The number of aliphatic hydroxyl groups is 1. The van der Waals surface area contributed by atoms with Crippen LogP contribution in [0.5, 0.6) is 0 Å². The molecule has 0 bridgehead atoms. The summed E-state index contributed by atoms with van der Waals surface area (Å²) in [7, 11) is 0. The van der Waals surface area contributed by atoms with E-state index in [9.17, 15) is 9.59 Å². The van der Waals surface area contributed by atoms with Crippen LogP contribution in [0.25, 0.3) is 0 Å². The highest BCUT2D eigenvalue weighted by molar-refractivity contribution is 5.94. The van der Waals surface area contributed by atoms with Gasteiger partial charge in [0.15, 0.2) is 0 Å². The largest absolute Gasteiger partial charge is 0.387 e. The Bertz CT molecular complexity index is 159. The van der Waals surface area contributed by atoms with E-state index in [4.69, 9.17) is 5.11 Å². The number of urea groups is 1. The molecule has 0 saturated carbocycles. The van der Waals surface area contributed by atoms with Gasteiger partial charge in [-0.3, -0.25) is 10.1 Å². The number of aliphatic hydroxyl groups excluding tert-OH is 1. The fraction of sp³-hybridized carbons (Fsp3) is 0.714. The van der Waals surface area contributed by atoms with Crippen molar-refractivity contribution in [2.24, 2.45) is 0 Å². The predicted octanol–water partition coefficient (Wildman–Crippen LogP) is -0.395. The summed E-state index contributed by atoms with van der Waals surface area (Å²) in [4.78, 5) is 21.2. The van der Waals surface area contributed by atoms with Gasteiger partial charge in [-0.05, 0) is 6.42 Å². The third-order valence-corrected chi connectivity index (χ3v) is 1.21. The topological polar surface area (TPSA) is 78.4 Å². The second-order valence-corrected chi connectivity index (χ2v) is 2.32. The van der Waals surface area contributed by atoms with E-state index < -0.39 is 18.5 Å². The van der Waals surface area contributed by atoms with Crippen molar-refractivity contribution in [2.45, 2.75) is 19.8 Å². The number of rotatable bonds is 4. The van der Waals surface area contributed by atoms with Gasteiger partial charge in [-0.25, -0.2) is 4.79 Å². The van der Waals surface area contributed by atoms with Crippen LogP contribution in [0, 0.1) is 0 Å². The number of amides is 3. The quantitative estimate of drug-likeness (QED) is 0.508. The Morgan fingerprint density at radius 2 is 2.08 bits per heavy atom. The number of nitrogens with one attached hydrogen (secondary N) is 2. The Hall–Kier alpha value is -1.10. The minimum atomic E-state index is -0.691. The molecule has 3 N–H and O–H groups in total. The van der Waals surface area contributed by atoms with Gasteiger partial charge in [0, 0.05) is 6.54 Å². The third-order valence-electron chi connectivity index (χ3n) is 1.21. The number of hydrogen-bond donors (Lipinski definition) is 3. The molecule has 0 heterocycles. The molecule has 0 fully saturated rings. The molecule has 70 valence electrons. The zero-order chi connectivity index (χ0) is 9.40. The highest BCUT2D eigenvalue weighted by Gasteiger charge is 2.03. The maximum absolute atomic E-state index is 10.7. The van der Waals surface area contributed by atoms with Crippen LogP contribution < -0.4 is 10.6 Å². The smallest absolute Gasteiger partial charge is 0.321 e. The first-order valence-corrected chi connectivity index (χ1v) is 3.89. The summed E-state index contributed by atoms with van der Waals surface area (Å²) in [6, 6.07) is -0.553. The molecule has 12 heavy (non-hydrogen) atoms. The van der Waals surface area contributed by atoms with Crippen molar-refractivity contribution >= 4 is 11.9 Å². The van der Waals surface area contributed by atoms with Crippen LogP contribution in [0.1, 0.15) is 19.8 Å². The van der Waals surface area contributed by atoms with Gasteiger partial charge in [-0.1, -0.05) is 13.3 Å². The molecule has 3 amide bonds. The lowest BCUT2D eigenvalue weighted by Crippen LogP contribution is -2.41. The van der Waals surface area contributed by atoms with Gasteiger partial charge in [-0.15, -0.1) is 0 Å². The molecule has 0 atom stereocenters. The lowest BCUT2D eigenvalue weighted by Gasteiger charge is -2.03. The lowest BCUT2D eigenvalue weighted by atomic mass is 10.3. The summed E-state index contributed by atoms with van der Waals surface area (Å²) in [6.07, 6.45) is 1.86. The van der Waals surface area contributed by atoms with Crippen molar-refractivity contribution in [2.75, 3.05) is 13.2 Å². The van der Waals surface area contributed by atoms with Gasteiger partial charge in [0.25, 0.3) is 5.91 Å². The monoisotopic (exact) mass is 174 g/mol. The van der Waals surface area contributed by atoms with Gasteiger partial charge in [0.1, 0.15) is 6.61 Å². The predicted molar refractivity (Wildman–Crippen MR) is 43.5 cm³/mol. The molecule has 0 aromatic heterocycles. The second kappa shape index (κ2) is 6.60. The fourth-order valence-electron chi connectivity index (χ4n) is 0.589. The molecular weight excluding hydrogens is 160 g/mol. The minimum Gasteiger partial charge on any atom is -0.387 e. The average Bonchev–Trinajstić information content (AvgIpc) is 2.05. The van der Waals surface area contributed by atoms with E-state index in [0.717, 1.165) is 12.8 Å². The Balaban J connectivity index is 3.40. The maximum Gasteiger partial charge on any atom is 0.321 e. The van der Waals surface area contributed by atoms with E-state index in [1.807, 2.05) is 12.2 Å². The Morgan fingerprint density at radius 1 is 1.42 bits per heavy atom. The van der Waals surface area contributed by atoms with E-state index in [2.05, 4.69) is 5.32 Å². The number of imide groups is 1. The van der Waals surface area contributed by atoms with Gasteiger partial charge >= 0.3 is 6.03 Å². The lowest BCUT2D eigenvalue weighted by molar-refractivity contribution is -0.122. The van der Waals surface area contributed by atoms with Crippen molar-refractivity contribution in [1.29, 1.82) is 0 Å². The molecule has 0 saturated heterocycles. The van der Waals surface area contributed by atoms with E-state index in [0.29, 0.717) is 6.54 Å². The van der Waals surface area contributed by atoms with Crippen LogP contribution in [0.3, 0.4) is 0 Å². The van der Waals surface area contributed by atoms with Crippen LogP contribution >= 0.6 is 0 Å². The van der Waals surface area contributed by atoms with Crippen LogP contribution in [0.15, 0.2) is 0 Å². The normalized spacial score (nSPS) is 9.17. The van der Waals surface area contributed by atoms with Gasteiger partial charge in [-0.2, -0.15) is 0 Å². The number of unbranched alkanes of at least 4 members (excludes halogenated alkanes) is 1. The van der Waals surface area contributed by atoms with Crippen LogP contribution in [-0.2, 0) is 4.79 Å². The first kappa shape index (κ1) is 10.9. The molecule has 5 nitrogen and oxygen atoms in total. The third kappa shape index (κ3) is 5.67. The van der Waals surface area contributed by atoms with Crippen molar-refractivity contribution in [3.63, 3.8) is 0 Å². The van der Waals surface area contributed by atoms with E-state index in [-0.39, 0.29) is 0 Å². The zero-order valence-corrected chi connectivity index (χ0v) is 7.09. The van der Waals surface area contributed by atoms with Gasteiger partial charge < -0.3 is 10.4 Å². The first-order chi connectivity index (χ1) is 5.70. The molecule has 5 heteroatoms. The van der Waals surface area contributed by atoms with Crippen molar-refractivity contribution < 1.29 is 14.7 Å². The highest BCUT2D eigenvalue weighted by Crippen LogP contribution is 1.81. The molecule has 0 aliphatic rings. The molecule has 0 aromatic rings. The van der Waals surface area contributed by atoms with Gasteiger partial charge in [0.05, 0.1) is 0 Å². The summed E-state index contributed by atoms with van der Waals surface area (Å²) in [5.41, 5.74) is 0. The SMILES string of the molecule is CCCCNC(=O)NC(=O)CO. The average molecular weight is 174 g/mol. The number of hydrogen-bond acceptors (Lipinski definition) is 3. The van der Waals surface area contributed by atoms with Crippen LogP contribution in [0.4, 0.5) is 4.79 Å². The molecule has 0 rings (SSSR count). The Morgan fingerprint density at radius 3 is 2.58 bits per heavy atom. The van der Waals surface area contributed by atoms with Crippen molar-refractivity contribution in [3.8, 4) is 0 Å². The molecule has 0 aliphatic carbocycles. The number of carbonyl (C=O) groups excluding carboxylic acids is 2. The van der Waals surface area contributed by atoms with Crippen molar-refractivity contribution in [3.05, 3.63) is 0 Å². The minimum absolute atomic E-state index is 0.543. The first-order valence-electron chi connectivity index (χ1n) is 3.89. The zero-order valence-electron chi connectivity index (χ0n) is 7.09. The standard InChI is InChI=1S/C7H14N2O3/c1-2-3-4-8-7(12)9-6(11)5-10/h10H,2-5H2,1H3,(H2,8,9,11,12). The van der Waals surface area contributed by atoms with E-state index in [1.165, 1.54) is 0 Å². The molecule has 0 unspecified atom stereocenters. The van der Waals surface area contributed by atoms with E-state index in [1.54, 1.807) is 0 Å². The Kier molecular flexibility index (Phi) is 6.00. The molecule has 0 aromatic carbocycles. The van der Waals surface area contributed by atoms with E-state index >= 15 is 0 Å².